The Bertz CT molecular complexity index is 1450. The van der Waals surface area contributed by atoms with Gasteiger partial charge in [-0.2, -0.15) is 14.8 Å². The standard InChI is InChI=1S/C24H18N4O4/c1-30-17-12-15(13-18(14-17)31-2)22-25-23(32-27-22)21-19-10-6-7-11-20(19)24(29)28(26-21)16-8-4-3-5-9-16/h3-14H,1-2H3. The third-order valence-electron chi connectivity index (χ3n) is 5.04. The van der Waals surface area contributed by atoms with Crippen molar-refractivity contribution >= 4 is 10.8 Å². The summed E-state index contributed by atoms with van der Waals surface area (Å²) in [5.41, 5.74) is 1.49. The Morgan fingerprint density at radius 3 is 2.19 bits per heavy atom. The zero-order valence-corrected chi connectivity index (χ0v) is 17.4. The molecule has 5 aromatic rings. The molecule has 0 N–H and O–H groups in total. The van der Waals surface area contributed by atoms with Gasteiger partial charge in [-0.3, -0.25) is 4.79 Å². The van der Waals surface area contributed by atoms with Gasteiger partial charge in [-0.15, -0.1) is 0 Å². The Balaban J connectivity index is 1.69. The van der Waals surface area contributed by atoms with Gasteiger partial charge in [0.2, 0.25) is 5.82 Å². The van der Waals surface area contributed by atoms with Crippen molar-refractivity contribution < 1.29 is 14.0 Å². The number of nitrogens with zero attached hydrogens (tertiary/aromatic N) is 4. The van der Waals surface area contributed by atoms with Gasteiger partial charge in [0.15, 0.2) is 5.69 Å². The lowest BCUT2D eigenvalue weighted by Gasteiger charge is -2.08. The third-order valence-corrected chi connectivity index (χ3v) is 5.04. The number of para-hydroxylation sites is 1. The molecule has 0 aliphatic rings. The van der Waals surface area contributed by atoms with Crippen molar-refractivity contribution in [2.45, 2.75) is 0 Å². The number of hydrogen-bond acceptors (Lipinski definition) is 7. The van der Waals surface area contributed by atoms with E-state index in [-0.39, 0.29) is 11.4 Å². The Hall–Kier alpha value is -4.46. The number of methoxy groups -OCH3 is 2. The first-order valence-electron chi connectivity index (χ1n) is 9.83. The van der Waals surface area contributed by atoms with Gasteiger partial charge in [-0.25, -0.2) is 0 Å². The first kappa shape index (κ1) is 19.5. The minimum atomic E-state index is -0.229. The van der Waals surface area contributed by atoms with E-state index in [0.717, 1.165) is 0 Å². The molecule has 0 spiro atoms. The van der Waals surface area contributed by atoms with E-state index in [1.165, 1.54) is 4.68 Å². The molecule has 0 amide bonds. The highest BCUT2D eigenvalue weighted by Crippen LogP contribution is 2.30. The van der Waals surface area contributed by atoms with E-state index in [1.807, 2.05) is 48.5 Å². The van der Waals surface area contributed by atoms with Crippen LogP contribution in [0.3, 0.4) is 0 Å². The Morgan fingerprint density at radius 1 is 0.844 bits per heavy atom. The minimum Gasteiger partial charge on any atom is -0.497 e. The maximum Gasteiger partial charge on any atom is 0.279 e. The second-order valence-corrected chi connectivity index (χ2v) is 6.97. The summed E-state index contributed by atoms with van der Waals surface area (Å²) in [6, 6.07) is 21.7. The maximum absolute atomic E-state index is 13.1. The summed E-state index contributed by atoms with van der Waals surface area (Å²) in [6.45, 7) is 0. The fourth-order valence-corrected chi connectivity index (χ4v) is 3.47. The smallest absolute Gasteiger partial charge is 0.279 e. The molecule has 0 unspecified atom stereocenters. The largest absolute Gasteiger partial charge is 0.497 e. The van der Waals surface area contributed by atoms with Gasteiger partial charge < -0.3 is 14.0 Å². The number of hydrogen-bond donors (Lipinski definition) is 0. The van der Waals surface area contributed by atoms with Crippen LogP contribution in [0.4, 0.5) is 0 Å². The van der Waals surface area contributed by atoms with Crippen molar-refractivity contribution in [3.63, 3.8) is 0 Å². The summed E-state index contributed by atoms with van der Waals surface area (Å²) in [6.07, 6.45) is 0. The summed E-state index contributed by atoms with van der Waals surface area (Å²) in [7, 11) is 3.14. The molecule has 3 aromatic carbocycles. The van der Waals surface area contributed by atoms with Crippen molar-refractivity contribution in [3.05, 3.63) is 83.2 Å². The maximum atomic E-state index is 13.1. The van der Waals surface area contributed by atoms with Crippen LogP contribution in [0, 0.1) is 0 Å². The molecule has 0 bridgehead atoms. The van der Waals surface area contributed by atoms with Gasteiger partial charge in [0.25, 0.3) is 11.4 Å². The zero-order chi connectivity index (χ0) is 22.1. The van der Waals surface area contributed by atoms with Crippen LogP contribution >= 0.6 is 0 Å². The van der Waals surface area contributed by atoms with Crippen molar-refractivity contribution in [1.29, 1.82) is 0 Å². The van der Waals surface area contributed by atoms with Gasteiger partial charge in [0, 0.05) is 17.0 Å². The fraction of sp³-hybridized carbons (Fsp3) is 0.0833. The lowest BCUT2D eigenvalue weighted by atomic mass is 10.1. The summed E-state index contributed by atoms with van der Waals surface area (Å²) in [5.74, 6) is 1.75. The SMILES string of the molecule is COc1cc(OC)cc(-c2noc(-c3nn(-c4ccccc4)c(=O)c4ccccc34)n2)c1. The van der Waals surface area contributed by atoms with Crippen molar-refractivity contribution in [2.75, 3.05) is 14.2 Å². The fourth-order valence-electron chi connectivity index (χ4n) is 3.47. The molecular weight excluding hydrogens is 408 g/mol. The van der Waals surface area contributed by atoms with Crippen LogP contribution in [0.5, 0.6) is 11.5 Å². The van der Waals surface area contributed by atoms with E-state index in [2.05, 4.69) is 15.2 Å². The molecule has 0 aliphatic heterocycles. The molecule has 2 aromatic heterocycles. The predicted octanol–water partition coefficient (Wildman–Crippen LogP) is 4.12. The van der Waals surface area contributed by atoms with E-state index in [1.54, 1.807) is 38.5 Å². The molecule has 0 radical (unpaired) electrons. The van der Waals surface area contributed by atoms with E-state index in [9.17, 15) is 4.79 Å². The van der Waals surface area contributed by atoms with Crippen LogP contribution in [0.25, 0.3) is 39.4 Å². The minimum absolute atomic E-state index is 0.197. The van der Waals surface area contributed by atoms with Crippen LogP contribution in [-0.4, -0.2) is 34.1 Å². The van der Waals surface area contributed by atoms with Gasteiger partial charge in [0.05, 0.1) is 25.3 Å². The molecule has 0 fully saturated rings. The molecule has 158 valence electrons. The van der Waals surface area contributed by atoms with E-state index in [4.69, 9.17) is 14.0 Å². The average Bonchev–Trinajstić information content (AvgIpc) is 3.35. The number of rotatable bonds is 5. The molecule has 0 saturated heterocycles. The summed E-state index contributed by atoms with van der Waals surface area (Å²) in [4.78, 5) is 17.6. The highest BCUT2D eigenvalue weighted by molar-refractivity contribution is 5.92. The zero-order valence-electron chi connectivity index (χ0n) is 17.4. The number of fused-ring (bicyclic) bond motifs is 1. The molecule has 32 heavy (non-hydrogen) atoms. The second kappa shape index (κ2) is 7.99. The number of ether oxygens (including phenoxy) is 2. The van der Waals surface area contributed by atoms with Crippen LogP contribution in [-0.2, 0) is 0 Å². The van der Waals surface area contributed by atoms with Crippen LogP contribution in [0.2, 0.25) is 0 Å². The summed E-state index contributed by atoms with van der Waals surface area (Å²) in [5, 5.41) is 9.83. The number of benzene rings is 3. The quantitative estimate of drug-likeness (QED) is 0.417. The van der Waals surface area contributed by atoms with Crippen molar-refractivity contribution in [2.24, 2.45) is 0 Å². The Morgan fingerprint density at radius 2 is 1.50 bits per heavy atom. The molecule has 2 heterocycles. The Labute approximate surface area is 182 Å². The van der Waals surface area contributed by atoms with Gasteiger partial charge in [-0.1, -0.05) is 41.6 Å². The molecule has 0 saturated carbocycles. The van der Waals surface area contributed by atoms with Gasteiger partial charge >= 0.3 is 0 Å². The number of aromatic nitrogens is 4. The van der Waals surface area contributed by atoms with Gasteiger partial charge in [0.1, 0.15) is 11.5 Å². The summed E-state index contributed by atoms with van der Waals surface area (Å²) < 4.78 is 17.6. The second-order valence-electron chi connectivity index (χ2n) is 6.97. The third kappa shape index (κ3) is 3.37. The predicted molar refractivity (Wildman–Crippen MR) is 119 cm³/mol. The average molecular weight is 426 g/mol. The van der Waals surface area contributed by atoms with E-state index < -0.39 is 0 Å². The Kier molecular flexibility index (Phi) is 4.87. The van der Waals surface area contributed by atoms with Crippen molar-refractivity contribution in [3.8, 4) is 40.2 Å². The molecule has 0 aliphatic carbocycles. The lowest BCUT2D eigenvalue weighted by molar-refractivity contribution is 0.394. The van der Waals surface area contributed by atoms with Gasteiger partial charge in [-0.05, 0) is 30.3 Å². The molecule has 8 nitrogen and oxygen atoms in total. The van der Waals surface area contributed by atoms with Crippen LogP contribution < -0.4 is 15.0 Å². The first-order valence-corrected chi connectivity index (χ1v) is 9.83. The molecule has 8 heteroatoms. The summed E-state index contributed by atoms with van der Waals surface area (Å²) >= 11 is 0. The van der Waals surface area contributed by atoms with Crippen LogP contribution in [0.15, 0.2) is 82.1 Å². The molecule has 5 rings (SSSR count). The van der Waals surface area contributed by atoms with E-state index in [0.29, 0.717) is 45.0 Å². The van der Waals surface area contributed by atoms with Crippen molar-refractivity contribution in [1.82, 2.24) is 19.9 Å². The monoisotopic (exact) mass is 426 g/mol. The van der Waals surface area contributed by atoms with Crippen LogP contribution in [0.1, 0.15) is 0 Å². The highest BCUT2D eigenvalue weighted by Gasteiger charge is 2.19. The first-order chi connectivity index (χ1) is 15.7. The lowest BCUT2D eigenvalue weighted by Crippen LogP contribution is -2.22. The molecule has 0 atom stereocenters. The van der Waals surface area contributed by atoms with E-state index >= 15 is 0 Å². The normalized spacial score (nSPS) is 10.9. The topological polar surface area (TPSA) is 92.3 Å². The molecular formula is C24H18N4O4. The highest BCUT2D eigenvalue weighted by atomic mass is 16.5.